The lowest BCUT2D eigenvalue weighted by atomic mass is 9.83. The SMILES string of the molecule is CCOc1ccc(/C=C/[C@@](C)(/C=C/c2ccc(O)cc2)CCC=C(C)C)cc1. The van der Waals surface area contributed by atoms with E-state index >= 15 is 0 Å². The molecule has 0 fully saturated rings. The van der Waals surface area contributed by atoms with E-state index in [0.29, 0.717) is 12.4 Å². The zero-order valence-electron chi connectivity index (χ0n) is 17.5. The maximum Gasteiger partial charge on any atom is 0.119 e. The Morgan fingerprint density at radius 2 is 1.46 bits per heavy atom. The molecule has 0 heterocycles. The molecule has 0 radical (unpaired) electrons. The van der Waals surface area contributed by atoms with Gasteiger partial charge in [0.15, 0.2) is 0 Å². The summed E-state index contributed by atoms with van der Waals surface area (Å²) in [5.41, 5.74) is 3.53. The maximum absolute atomic E-state index is 9.47. The van der Waals surface area contributed by atoms with Crippen molar-refractivity contribution in [3.05, 3.63) is 83.5 Å². The van der Waals surface area contributed by atoms with E-state index in [1.165, 1.54) is 5.57 Å². The number of allylic oxidation sites excluding steroid dienone is 4. The van der Waals surface area contributed by atoms with Gasteiger partial charge in [-0.25, -0.2) is 0 Å². The first-order valence-electron chi connectivity index (χ1n) is 9.94. The minimum Gasteiger partial charge on any atom is -0.508 e. The summed E-state index contributed by atoms with van der Waals surface area (Å²) in [7, 11) is 0. The average molecular weight is 377 g/mol. The van der Waals surface area contributed by atoms with E-state index in [1.54, 1.807) is 12.1 Å². The third-order valence-corrected chi connectivity index (χ3v) is 4.63. The second-order valence-corrected chi connectivity index (χ2v) is 7.59. The zero-order valence-corrected chi connectivity index (χ0v) is 17.5. The normalized spacial score (nSPS) is 13.6. The summed E-state index contributed by atoms with van der Waals surface area (Å²) in [6, 6.07) is 15.5. The van der Waals surface area contributed by atoms with Crippen LogP contribution in [0.5, 0.6) is 11.5 Å². The van der Waals surface area contributed by atoms with Crippen molar-refractivity contribution in [2.24, 2.45) is 5.41 Å². The molecule has 0 aliphatic rings. The van der Waals surface area contributed by atoms with Crippen LogP contribution in [0.3, 0.4) is 0 Å². The number of rotatable bonds is 9. The predicted molar refractivity (Wildman–Crippen MR) is 121 cm³/mol. The molecule has 28 heavy (non-hydrogen) atoms. The molecule has 1 N–H and O–H groups in total. The Morgan fingerprint density at radius 1 is 0.929 bits per heavy atom. The molecule has 0 aliphatic heterocycles. The Hall–Kier alpha value is -2.74. The highest BCUT2D eigenvalue weighted by molar-refractivity contribution is 5.55. The molecule has 2 heteroatoms. The summed E-state index contributed by atoms with van der Waals surface area (Å²) in [5, 5.41) is 9.47. The van der Waals surface area contributed by atoms with Crippen molar-refractivity contribution in [2.75, 3.05) is 6.61 Å². The van der Waals surface area contributed by atoms with E-state index in [0.717, 1.165) is 29.7 Å². The van der Waals surface area contributed by atoms with Gasteiger partial charge in [0.1, 0.15) is 11.5 Å². The second kappa shape index (κ2) is 10.6. The number of aromatic hydroxyl groups is 1. The topological polar surface area (TPSA) is 29.5 Å². The van der Waals surface area contributed by atoms with Crippen molar-refractivity contribution in [2.45, 2.75) is 40.5 Å². The van der Waals surface area contributed by atoms with Gasteiger partial charge in [-0.3, -0.25) is 0 Å². The van der Waals surface area contributed by atoms with Crippen LogP contribution in [0.15, 0.2) is 72.3 Å². The van der Waals surface area contributed by atoms with Crippen LogP contribution in [-0.2, 0) is 0 Å². The van der Waals surface area contributed by atoms with Crippen LogP contribution in [-0.4, -0.2) is 11.7 Å². The van der Waals surface area contributed by atoms with Gasteiger partial charge in [0, 0.05) is 5.41 Å². The molecule has 0 bridgehead atoms. The number of benzene rings is 2. The smallest absolute Gasteiger partial charge is 0.119 e. The molecule has 2 rings (SSSR count). The van der Waals surface area contributed by atoms with E-state index < -0.39 is 0 Å². The number of hydrogen-bond acceptors (Lipinski definition) is 2. The van der Waals surface area contributed by atoms with Crippen LogP contribution >= 0.6 is 0 Å². The van der Waals surface area contributed by atoms with Gasteiger partial charge in [0.2, 0.25) is 0 Å². The zero-order chi connectivity index (χ0) is 20.4. The fourth-order valence-electron chi connectivity index (χ4n) is 2.89. The van der Waals surface area contributed by atoms with Crippen molar-refractivity contribution >= 4 is 12.2 Å². The van der Waals surface area contributed by atoms with Crippen molar-refractivity contribution in [1.82, 2.24) is 0 Å². The molecular formula is C26H32O2. The number of hydrogen-bond donors (Lipinski definition) is 1. The summed E-state index contributed by atoms with van der Waals surface area (Å²) in [5.74, 6) is 1.19. The minimum absolute atomic E-state index is 0.0670. The predicted octanol–water partition coefficient (Wildman–Crippen LogP) is 7.27. The average Bonchev–Trinajstić information content (AvgIpc) is 2.67. The van der Waals surface area contributed by atoms with Gasteiger partial charge < -0.3 is 9.84 Å². The van der Waals surface area contributed by atoms with Crippen LogP contribution in [0.2, 0.25) is 0 Å². The summed E-state index contributed by atoms with van der Waals surface area (Å²) in [6.45, 7) is 9.21. The van der Waals surface area contributed by atoms with Gasteiger partial charge in [0.05, 0.1) is 6.61 Å². The lowest BCUT2D eigenvalue weighted by molar-refractivity contribution is 0.340. The Bertz CT molecular complexity index is 807. The van der Waals surface area contributed by atoms with E-state index in [9.17, 15) is 5.11 Å². The van der Waals surface area contributed by atoms with Crippen molar-refractivity contribution in [3.8, 4) is 11.5 Å². The number of ether oxygens (including phenoxy) is 1. The first kappa shape index (κ1) is 21.6. The molecule has 0 spiro atoms. The van der Waals surface area contributed by atoms with Crippen LogP contribution < -0.4 is 4.74 Å². The van der Waals surface area contributed by atoms with Crippen molar-refractivity contribution in [3.63, 3.8) is 0 Å². The highest BCUT2D eigenvalue weighted by Gasteiger charge is 2.16. The maximum atomic E-state index is 9.47. The number of phenols is 1. The highest BCUT2D eigenvalue weighted by atomic mass is 16.5. The molecule has 2 aromatic carbocycles. The summed E-state index contributed by atoms with van der Waals surface area (Å²) < 4.78 is 5.52. The molecule has 2 aromatic rings. The van der Waals surface area contributed by atoms with Crippen molar-refractivity contribution < 1.29 is 9.84 Å². The van der Waals surface area contributed by atoms with Gasteiger partial charge in [-0.15, -0.1) is 0 Å². The second-order valence-electron chi connectivity index (χ2n) is 7.59. The van der Waals surface area contributed by atoms with Crippen molar-refractivity contribution in [1.29, 1.82) is 0 Å². The molecule has 1 atom stereocenters. The lowest BCUT2D eigenvalue weighted by Gasteiger charge is -2.21. The molecular weight excluding hydrogens is 344 g/mol. The van der Waals surface area contributed by atoms with E-state index in [4.69, 9.17) is 4.74 Å². The Morgan fingerprint density at radius 3 is 1.96 bits per heavy atom. The molecule has 2 nitrogen and oxygen atoms in total. The summed E-state index contributed by atoms with van der Waals surface area (Å²) >= 11 is 0. The summed E-state index contributed by atoms with van der Waals surface area (Å²) in [6.07, 6.45) is 13.2. The first-order chi connectivity index (χ1) is 13.4. The third kappa shape index (κ3) is 7.48. The van der Waals surface area contributed by atoms with E-state index in [1.807, 2.05) is 31.2 Å². The fourth-order valence-corrected chi connectivity index (χ4v) is 2.89. The summed E-state index contributed by atoms with van der Waals surface area (Å²) in [4.78, 5) is 0. The largest absolute Gasteiger partial charge is 0.508 e. The first-order valence-corrected chi connectivity index (χ1v) is 9.94. The molecule has 0 amide bonds. The Balaban J connectivity index is 2.18. The van der Waals surface area contributed by atoms with Gasteiger partial charge in [-0.2, -0.15) is 0 Å². The molecule has 0 aromatic heterocycles. The monoisotopic (exact) mass is 376 g/mol. The molecule has 0 saturated heterocycles. The van der Waals surface area contributed by atoms with Crippen LogP contribution in [0.1, 0.15) is 51.7 Å². The van der Waals surface area contributed by atoms with Gasteiger partial charge in [-0.05, 0) is 69.0 Å². The van der Waals surface area contributed by atoms with Gasteiger partial charge in [-0.1, -0.05) is 67.1 Å². The fraction of sp³-hybridized carbons (Fsp3) is 0.308. The van der Waals surface area contributed by atoms with Gasteiger partial charge >= 0.3 is 0 Å². The van der Waals surface area contributed by atoms with E-state index in [-0.39, 0.29) is 5.41 Å². The minimum atomic E-state index is -0.0670. The molecule has 148 valence electrons. The van der Waals surface area contributed by atoms with Gasteiger partial charge in [0.25, 0.3) is 0 Å². The highest BCUT2D eigenvalue weighted by Crippen LogP contribution is 2.30. The third-order valence-electron chi connectivity index (χ3n) is 4.63. The van der Waals surface area contributed by atoms with Crippen LogP contribution in [0.4, 0.5) is 0 Å². The van der Waals surface area contributed by atoms with Crippen LogP contribution in [0.25, 0.3) is 12.2 Å². The standard InChI is InChI=1S/C26H32O2/c1-5-28-25-14-10-23(11-15-25)17-20-26(4,18-6-7-21(2)3)19-16-22-8-12-24(27)13-9-22/h7-17,19-20,27H,5-6,18H2,1-4H3/b19-16+,20-17+/t26-/m1/s1. The molecule has 0 unspecified atom stereocenters. The Labute approximate surface area is 169 Å². The van der Waals surface area contributed by atoms with E-state index in [2.05, 4.69) is 63.3 Å². The van der Waals surface area contributed by atoms with Crippen LogP contribution in [0, 0.1) is 5.41 Å². The number of phenolic OH excluding ortho intramolecular Hbond substituents is 1. The Kier molecular flexibility index (Phi) is 8.13. The molecule has 0 saturated carbocycles. The molecule has 0 aliphatic carbocycles. The lowest BCUT2D eigenvalue weighted by Crippen LogP contribution is -2.09. The quantitative estimate of drug-likeness (QED) is 0.466.